The SMILES string of the molecule is O=C1CSC(=O)N1C1CCN(S(=O)(=O)Cc2ccccc2)CC1. The van der Waals surface area contributed by atoms with Crippen LogP contribution in [-0.4, -0.2) is 53.7 Å². The summed E-state index contributed by atoms with van der Waals surface area (Å²) in [7, 11) is -3.37. The molecule has 0 aromatic heterocycles. The van der Waals surface area contributed by atoms with Crippen molar-refractivity contribution >= 4 is 32.9 Å². The van der Waals surface area contributed by atoms with Crippen molar-refractivity contribution in [1.82, 2.24) is 9.21 Å². The highest BCUT2D eigenvalue weighted by Gasteiger charge is 2.39. The van der Waals surface area contributed by atoms with Crippen LogP contribution in [-0.2, 0) is 20.6 Å². The number of carbonyl (C=O) groups is 2. The first-order valence-electron chi connectivity index (χ1n) is 7.48. The first-order valence-corrected chi connectivity index (χ1v) is 10.1. The van der Waals surface area contributed by atoms with Gasteiger partial charge in [0, 0.05) is 19.1 Å². The number of imide groups is 1. The van der Waals surface area contributed by atoms with Crippen LogP contribution in [0.2, 0.25) is 0 Å². The number of carbonyl (C=O) groups excluding carboxylic acids is 2. The van der Waals surface area contributed by atoms with Crippen LogP contribution in [0.1, 0.15) is 18.4 Å². The van der Waals surface area contributed by atoms with Gasteiger partial charge in [0.25, 0.3) is 5.24 Å². The Hall–Kier alpha value is -1.38. The maximum absolute atomic E-state index is 12.5. The average molecular weight is 354 g/mol. The summed E-state index contributed by atoms with van der Waals surface area (Å²) in [5, 5.41) is -0.208. The molecule has 2 aliphatic heterocycles. The predicted molar refractivity (Wildman–Crippen MR) is 88.4 cm³/mol. The number of piperidine rings is 1. The summed E-state index contributed by atoms with van der Waals surface area (Å²) in [6, 6.07) is 8.90. The summed E-state index contributed by atoms with van der Waals surface area (Å²) in [6.07, 6.45) is 1.01. The van der Waals surface area contributed by atoms with E-state index in [1.54, 1.807) is 12.1 Å². The van der Waals surface area contributed by atoms with Crippen molar-refractivity contribution in [2.75, 3.05) is 18.8 Å². The second-order valence-corrected chi connectivity index (χ2v) is 8.59. The molecule has 2 heterocycles. The van der Waals surface area contributed by atoms with Crippen molar-refractivity contribution in [3.8, 4) is 0 Å². The van der Waals surface area contributed by atoms with Gasteiger partial charge in [-0.3, -0.25) is 14.5 Å². The molecule has 1 aromatic carbocycles. The summed E-state index contributed by atoms with van der Waals surface area (Å²) < 4.78 is 26.4. The molecule has 1 aromatic rings. The van der Waals surface area contributed by atoms with Gasteiger partial charge in [0.1, 0.15) is 0 Å². The number of thioether (sulfide) groups is 1. The molecular formula is C15H18N2O4S2. The number of benzene rings is 1. The Morgan fingerprint density at radius 1 is 1.09 bits per heavy atom. The molecule has 0 unspecified atom stereocenters. The molecule has 0 atom stereocenters. The van der Waals surface area contributed by atoms with Crippen molar-refractivity contribution in [2.45, 2.75) is 24.6 Å². The predicted octanol–water partition coefficient (Wildman–Crippen LogP) is 1.68. The largest absolute Gasteiger partial charge is 0.289 e. The van der Waals surface area contributed by atoms with Crippen molar-refractivity contribution in [3.05, 3.63) is 35.9 Å². The summed E-state index contributed by atoms with van der Waals surface area (Å²) >= 11 is 1.02. The highest BCUT2D eigenvalue weighted by molar-refractivity contribution is 8.14. The topological polar surface area (TPSA) is 74.8 Å². The molecule has 0 aliphatic carbocycles. The average Bonchev–Trinajstić information content (AvgIpc) is 2.87. The highest BCUT2D eigenvalue weighted by atomic mass is 32.2. The Balaban J connectivity index is 1.62. The van der Waals surface area contributed by atoms with E-state index in [0.717, 1.165) is 17.3 Å². The van der Waals surface area contributed by atoms with Crippen LogP contribution in [0.15, 0.2) is 30.3 Å². The summed E-state index contributed by atoms with van der Waals surface area (Å²) in [4.78, 5) is 24.8. The molecule has 3 rings (SSSR count). The van der Waals surface area contributed by atoms with Crippen LogP contribution in [0.3, 0.4) is 0 Å². The minimum Gasteiger partial charge on any atom is -0.273 e. The van der Waals surface area contributed by atoms with Gasteiger partial charge < -0.3 is 0 Å². The van der Waals surface area contributed by atoms with Crippen molar-refractivity contribution < 1.29 is 18.0 Å². The zero-order valence-corrected chi connectivity index (χ0v) is 14.2. The van der Waals surface area contributed by atoms with Crippen molar-refractivity contribution in [2.24, 2.45) is 0 Å². The molecule has 2 amide bonds. The monoisotopic (exact) mass is 354 g/mol. The van der Waals surface area contributed by atoms with Crippen LogP contribution in [0.25, 0.3) is 0 Å². The number of hydrogen-bond acceptors (Lipinski definition) is 5. The van der Waals surface area contributed by atoms with Gasteiger partial charge in [0.2, 0.25) is 15.9 Å². The Morgan fingerprint density at radius 3 is 2.30 bits per heavy atom. The molecule has 23 heavy (non-hydrogen) atoms. The molecular weight excluding hydrogens is 336 g/mol. The van der Waals surface area contributed by atoms with E-state index in [1.165, 1.54) is 9.21 Å². The van der Waals surface area contributed by atoms with Crippen LogP contribution < -0.4 is 0 Å². The fourth-order valence-electron chi connectivity index (χ4n) is 2.97. The Morgan fingerprint density at radius 2 is 1.74 bits per heavy atom. The van der Waals surface area contributed by atoms with E-state index in [0.29, 0.717) is 25.9 Å². The summed E-state index contributed by atoms with van der Waals surface area (Å²) in [5.41, 5.74) is 0.760. The van der Waals surface area contributed by atoms with E-state index in [1.807, 2.05) is 18.2 Å². The molecule has 124 valence electrons. The van der Waals surface area contributed by atoms with Crippen LogP contribution in [0, 0.1) is 0 Å². The Bertz CT molecular complexity index is 681. The van der Waals surface area contributed by atoms with Crippen LogP contribution in [0.5, 0.6) is 0 Å². The van der Waals surface area contributed by atoms with Gasteiger partial charge in [-0.05, 0) is 18.4 Å². The Labute approximate surface area is 139 Å². The third-order valence-corrected chi connectivity index (χ3v) is 6.84. The molecule has 0 radical (unpaired) electrons. The lowest BCUT2D eigenvalue weighted by Crippen LogP contribution is -2.48. The zero-order chi connectivity index (χ0) is 16.4. The van der Waals surface area contributed by atoms with Gasteiger partial charge >= 0.3 is 0 Å². The first-order chi connectivity index (χ1) is 11.0. The van der Waals surface area contributed by atoms with E-state index in [9.17, 15) is 18.0 Å². The number of sulfonamides is 1. The van der Waals surface area contributed by atoms with Gasteiger partial charge in [-0.2, -0.15) is 0 Å². The molecule has 2 fully saturated rings. The van der Waals surface area contributed by atoms with Gasteiger partial charge in [-0.15, -0.1) is 0 Å². The molecule has 8 heteroatoms. The maximum atomic E-state index is 12.5. The van der Waals surface area contributed by atoms with E-state index < -0.39 is 10.0 Å². The molecule has 0 spiro atoms. The van der Waals surface area contributed by atoms with Crippen LogP contribution >= 0.6 is 11.8 Å². The van der Waals surface area contributed by atoms with Gasteiger partial charge in [0.05, 0.1) is 11.5 Å². The number of rotatable bonds is 4. The third kappa shape index (κ3) is 3.59. The lowest BCUT2D eigenvalue weighted by atomic mass is 10.1. The first kappa shape index (κ1) is 16.5. The number of nitrogens with zero attached hydrogens (tertiary/aromatic N) is 2. The van der Waals surface area contributed by atoms with Gasteiger partial charge in [-0.1, -0.05) is 42.1 Å². The number of hydrogen-bond donors (Lipinski definition) is 0. The minimum atomic E-state index is -3.37. The second kappa shape index (κ2) is 6.62. The van der Waals surface area contributed by atoms with E-state index in [2.05, 4.69) is 0 Å². The third-order valence-electron chi connectivity index (χ3n) is 4.16. The van der Waals surface area contributed by atoms with E-state index >= 15 is 0 Å². The molecule has 0 N–H and O–H groups in total. The van der Waals surface area contributed by atoms with Crippen LogP contribution in [0.4, 0.5) is 4.79 Å². The molecule has 0 bridgehead atoms. The minimum absolute atomic E-state index is 0.0179. The normalized spacial score (nSPS) is 21.1. The highest BCUT2D eigenvalue weighted by Crippen LogP contribution is 2.27. The quantitative estimate of drug-likeness (QED) is 0.822. The molecule has 6 nitrogen and oxygen atoms in total. The molecule has 0 saturated carbocycles. The Kier molecular flexibility index (Phi) is 4.74. The smallest absolute Gasteiger partial charge is 0.273 e. The lowest BCUT2D eigenvalue weighted by Gasteiger charge is -2.34. The maximum Gasteiger partial charge on any atom is 0.289 e. The number of amides is 2. The van der Waals surface area contributed by atoms with Crippen molar-refractivity contribution in [3.63, 3.8) is 0 Å². The zero-order valence-electron chi connectivity index (χ0n) is 12.6. The second-order valence-electron chi connectivity index (χ2n) is 5.69. The van der Waals surface area contributed by atoms with Crippen molar-refractivity contribution in [1.29, 1.82) is 0 Å². The fraction of sp³-hybridized carbons (Fsp3) is 0.467. The standard InChI is InChI=1S/C15H18N2O4S2/c18-14-10-22-15(19)17(14)13-6-8-16(9-7-13)23(20,21)11-12-4-2-1-3-5-12/h1-5,13H,6-11H2. The van der Waals surface area contributed by atoms with Gasteiger partial charge in [0.15, 0.2) is 0 Å². The summed E-state index contributed by atoms with van der Waals surface area (Å²) in [5.74, 6) is 0.0203. The summed E-state index contributed by atoms with van der Waals surface area (Å²) in [6.45, 7) is 0.698. The van der Waals surface area contributed by atoms with E-state index in [4.69, 9.17) is 0 Å². The van der Waals surface area contributed by atoms with Gasteiger partial charge in [-0.25, -0.2) is 12.7 Å². The van der Waals surface area contributed by atoms with E-state index in [-0.39, 0.29) is 28.7 Å². The lowest BCUT2D eigenvalue weighted by molar-refractivity contribution is -0.126. The molecule has 2 saturated heterocycles. The fourth-order valence-corrected chi connectivity index (χ4v) is 5.31. The molecule has 2 aliphatic rings.